The highest BCUT2D eigenvalue weighted by Crippen LogP contribution is 2.23. The molecule has 140 valence electrons. The van der Waals surface area contributed by atoms with Gasteiger partial charge in [0.15, 0.2) is 6.61 Å². The van der Waals surface area contributed by atoms with Crippen LogP contribution in [0.25, 0.3) is 22.2 Å². The van der Waals surface area contributed by atoms with Crippen LogP contribution in [0, 0.1) is 0 Å². The Morgan fingerprint density at radius 1 is 1.07 bits per heavy atom. The van der Waals surface area contributed by atoms with E-state index in [2.05, 4.69) is 22.1 Å². The second-order valence-electron chi connectivity index (χ2n) is 6.43. The van der Waals surface area contributed by atoms with Crippen LogP contribution in [0.5, 0.6) is 0 Å². The number of carbonyl (C=O) groups is 2. The summed E-state index contributed by atoms with van der Waals surface area (Å²) in [6.45, 7) is 1.73. The third-order valence-electron chi connectivity index (χ3n) is 4.68. The van der Waals surface area contributed by atoms with Crippen LogP contribution < -0.4 is 0 Å². The number of aromatic nitrogens is 3. The highest BCUT2D eigenvalue weighted by atomic mass is 16.5. The number of carbonyl (C=O) groups excluding carboxylic acids is 2. The van der Waals surface area contributed by atoms with Crippen LogP contribution in [-0.4, -0.2) is 33.5 Å². The van der Waals surface area contributed by atoms with E-state index in [1.807, 2.05) is 48.5 Å². The molecule has 6 heteroatoms. The zero-order valence-corrected chi connectivity index (χ0v) is 15.4. The lowest BCUT2D eigenvalue weighted by Gasteiger charge is -2.03. The quantitative estimate of drug-likeness (QED) is 0.392. The molecule has 2 N–H and O–H groups in total. The van der Waals surface area contributed by atoms with Crippen molar-refractivity contribution < 1.29 is 14.3 Å². The van der Waals surface area contributed by atoms with Gasteiger partial charge < -0.3 is 9.72 Å². The van der Waals surface area contributed by atoms with Crippen LogP contribution in [0.2, 0.25) is 0 Å². The van der Waals surface area contributed by atoms with Crippen LogP contribution in [-0.2, 0) is 11.2 Å². The number of Topliss-reactive ketones (excluding diaryl/α,β-unsaturated/α-hetero) is 1. The lowest BCUT2D eigenvalue weighted by Crippen LogP contribution is -2.14. The summed E-state index contributed by atoms with van der Waals surface area (Å²) in [5, 5.41) is 7.63. The number of nitrogens with one attached hydrogen (secondary N) is 2. The summed E-state index contributed by atoms with van der Waals surface area (Å²) in [6, 6.07) is 16.9. The van der Waals surface area contributed by atoms with E-state index in [1.54, 1.807) is 12.3 Å². The number of ketones is 1. The Hall–Kier alpha value is -3.67. The topological polar surface area (TPSA) is 87.8 Å². The normalized spacial score (nSPS) is 10.9. The molecule has 0 radical (unpaired) electrons. The van der Waals surface area contributed by atoms with E-state index in [0.717, 1.165) is 28.5 Å². The molecule has 0 bridgehead atoms. The number of para-hydroxylation sites is 1. The van der Waals surface area contributed by atoms with Crippen molar-refractivity contribution in [2.75, 3.05) is 6.61 Å². The number of nitrogens with zero attached hydrogens (tertiary/aromatic N) is 1. The van der Waals surface area contributed by atoms with Crippen molar-refractivity contribution >= 4 is 22.7 Å². The van der Waals surface area contributed by atoms with Crippen molar-refractivity contribution in [3.63, 3.8) is 0 Å². The molecule has 6 nitrogen and oxygen atoms in total. The molecule has 2 aromatic carbocycles. The number of aryl methyl sites for hydroxylation is 1. The maximum atomic E-state index is 12.6. The summed E-state index contributed by atoms with van der Waals surface area (Å²) in [6.07, 6.45) is 2.54. The molecule has 0 aliphatic carbocycles. The predicted octanol–water partition coefficient (Wildman–Crippen LogP) is 4.16. The van der Waals surface area contributed by atoms with Gasteiger partial charge in [-0.05, 0) is 18.1 Å². The van der Waals surface area contributed by atoms with Crippen LogP contribution in [0.4, 0.5) is 0 Å². The Morgan fingerprint density at radius 2 is 1.89 bits per heavy atom. The summed E-state index contributed by atoms with van der Waals surface area (Å²) in [7, 11) is 0. The van der Waals surface area contributed by atoms with Gasteiger partial charge in [0.2, 0.25) is 5.78 Å². The number of ether oxygens (including phenoxy) is 1. The second kappa shape index (κ2) is 7.52. The number of rotatable bonds is 6. The van der Waals surface area contributed by atoms with Gasteiger partial charge in [-0.25, -0.2) is 4.79 Å². The molecule has 4 rings (SSSR count). The van der Waals surface area contributed by atoms with Crippen molar-refractivity contribution in [1.29, 1.82) is 0 Å². The van der Waals surface area contributed by atoms with E-state index in [1.165, 1.54) is 0 Å². The number of esters is 1. The fraction of sp³-hybridized carbons (Fsp3) is 0.136. The number of benzene rings is 2. The molecule has 0 fully saturated rings. The minimum atomic E-state index is -0.614. The van der Waals surface area contributed by atoms with Crippen molar-refractivity contribution in [2.45, 2.75) is 13.3 Å². The lowest BCUT2D eigenvalue weighted by atomic mass is 10.1. The molecule has 0 atom stereocenters. The van der Waals surface area contributed by atoms with Gasteiger partial charge in [0, 0.05) is 28.2 Å². The zero-order valence-electron chi connectivity index (χ0n) is 15.4. The van der Waals surface area contributed by atoms with E-state index in [4.69, 9.17) is 4.74 Å². The van der Waals surface area contributed by atoms with Crippen LogP contribution in [0.15, 0.2) is 60.8 Å². The minimum Gasteiger partial charge on any atom is -0.453 e. The summed E-state index contributed by atoms with van der Waals surface area (Å²) < 4.78 is 5.19. The van der Waals surface area contributed by atoms with Crippen LogP contribution in [0.3, 0.4) is 0 Å². The molecule has 2 heterocycles. The summed E-state index contributed by atoms with van der Waals surface area (Å²) >= 11 is 0. The molecule has 0 aliphatic rings. The van der Waals surface area contributed by atoms with Gasteiger partial charge in [0.1, 0.15) is 5.69 Å². The highest BCUT2D eigenvalue weighted by molar-refractivity contribution is 6.09. The third kappa shape index (κ3) is 3.32. The number of aromatic amines is 2. The van der Waals surface area contributed by atoms with Gasteiger partial charge in [-0.1, -0.05) is 55.5 Å². The van der Waals surface area contributed by atoms with Gasteiger partial charge >= 0.3 is 5.97 Å². The monoisotopic (exact) mass is 373 g/mol. The predicted molar refractivity (Wildman–Crippen MR) is 106 cm³/mol. The number of hydrogen-bond donors (Lipinski definition) is 2. The zero-order chi connectivity index (χ0) is 19.5. The molecule has 2 aromatic heterocycles. The van der Waals surface area contributed by atoms with Crippen LogP contribution in [0.1, 0.15) is 33.3 Å². The Bertz CT molecular complexity index is 1140. The summed E-state index contributed by atoms with van der Waals surface area (Å²) in [4.78, 5) is 28.0. The molecule has 0 amide bonds. The van der Waals surface area contributed by atoms with Crippen LogP contribution >= 0.6 is 0 Å². The third-order valence-corrected chi connectivity index (χ3v) is 4.68. The first-order valence-corrected chi connectivity index (χ1v) is 9.07. The largest absolute Gasteiger partial charge is 0.453 e. The van der Waals surface area contributed by atoms with E-state index in [0.29, 0.717) is 11.3 Å². The van der Waals surface area contributed by atoms with Crippen molar-refractivity contribution in [2.24, 2.45) is 0 Å². The highest BCUT2D eigenvalue weighted by Gasteiger charge is 2.17. The van der Waals surface area contributed by atoms with E-state index < -0.39 is 5.97 Å². The molecule has 0 spiro atoms. The Labute approximate surface area is 161 Å². The standard InChI is InChI=1S/C22H19N3O3/c1-2-14-9-6-10-16-17(12-23-21(14)16)20(26)13-28-22(27)19-11-18(24-25-19)15-7-4-3-5-8-15/h3-12,23H,2,13H2,1H3,(H,24,25). The number of hydrogen-bond acceptors (Lipinski definition) is 4. The maximum absolute atomic E-state index is 12.6. The summed E-state index contributed by atoms with van der Waals surface area (Å²) in [5.41, 5.74) is 4.34. The molecule has 4 aromatic rings. The van der Waals surface area contributed by atoms with E-state index >= 15 is 0 Å². The lowest BCUT2D eigenvalue weighted by molar-refractivity contribution is 0.0469. The van der Waals surface area contributed by atoms with Gasteiger partial charge in [-0.2, -0.15) is 5.10 Å². The van der Waals surface area contributed by atoms with Crippen molar-refractivity contribution in [3.8, 4) is 11.3 Å². The molecule has 0 aliphatic heterocycles. The average Bonchev–Trinajstić information content (AvgIpc) is 3.39. The minimum absolute atomic E-state index is 0.207. The summed E-state index contributed by atoms with van der Waals surface area (Å²) in [5.74, 6) is -0.868. The van der Waals surface area contributed by atoms with E-state index in [-0.39, 0.29) is 18.1 Å². The molecule has 0 saturated heterocycles. The molecular formula is C22H19N3O3. The van der Waals surface area contributed by atoms with Gasteiger partial charge in [0.05, 0.1) is 5.69 Å². The molecule has 0 saturated carbocycles. The van der Waals surface area contributed by atoms with Crippen molar-refractivity contribution in [1.82, 2.24) is 15.2 Å². The smallest absolute Gasteiger partial charge is 0.356 e. The maximum Gasteiger partial charge on any atom is 0.356 e. The van der Waals surface area contributed by atoms with Crippen molar-refractivity contribution in [3.05, 3.63) is 77.6 Å². The fourth-order valence-corrected chi connectivity index (χ4v) is 3.21. The van der Waals surface area contributed by atoms with Gasteiger partial charge in [-0.3, -0.25) is 9.89 Å². The Balaban J connectivity index is 1.46. The first-order chi connectivity index (χ1) is 13.7. The number of H-pyrrole nitrogens is 2. The van der Waals surface area contributed by atoms with Gasteiger partial charge in [-0.15, -0.1) is 0 Å². The first kappa shape index (κ1) is 17.7. The Morgan fingerprint density at radius 3 is 2.68 bits per heavy atom. The fourth-order valence-electron chi connectivity index (χ4n) is 3.21. The first-order valence-electron chi connectivity index (χ1n) is 9.07. The number of fused-ring (bicyclic) bond motifs is 1. The molecule has 0 unspecified atom stereocenters. The molecular weight excluding hydrogens is 354 g/mol. The SMILES string of the molecule is CCc1cccc2c(C(=O)COC(=O)c3cc(-c4ccccc4)n[nH]3)c[nH]c12. The Kier molecular flexibility index (Phi) is 4.76. The average molecular weight is 373 g/mol. The van der Waals surface area contributed by atoms with Gasteiger partial charge in [0.25, 0.3) is 0 Å². The van der Waals surface area contributed by atoms with E-state index in [9.17, 15) is 9.59 Å². The second-order valence-corrected chi connectivity index (χ2v) is 6.43. The molecule has 28 heavy (non-hydrogen) atoms.